The molecule has 0 amide bonds. The van der Waals surface area contributed by atoms with Crippen LogP contribution in [0.4, 0.5) is 0 Å². The molecule has 0 N–H and O–H groups in total. The summed E-state index contributed by atoms with van der Waals surface area (Å²) in [5.41, 5.74) is -1.73. The zero-order valence-electron chi connectivity index (χ0n) is 16.0. The third-order valence-electron chi connectivity index (χ3n) is 4.29. The number of allylic oxidation sites excluding steroid dienone is 1. The van der Waals surface area contributed by atoms with Gasteiger partial charge in [-0.1, -0.05) is 19.9 Å². The molecule has 0 aromatic heterocycles. The molecule has 0 aliphatic heterocycles. The van der Waals surface area contributed by atoms with Gasteiger partial charge in [0.2, 0.25) is 0 Å². The van der Waals surface area contributed by atoms with E-state index in [0.717, 1.165) is 0 Å². The summed E-state index contributed by atoms with van der Waals surface area (Å²) >= 11 is 0. The number of rotatable bonds is 9. The van der Waals surface area contributed by atoms with Gasteiger partial charge in [0, 0.05) is 0 Å². The van der Waals surface area contributed by atoms with Gasteiger partial charge in [0.1, 0.15) is 5.60 Å². The van der Waals surface area contributed by atoms with Crippen LogP contribution in [0.1, 0.15) is 74.1 Å². The Balaban J connectivity index is 4.96. The van der Waals surface area contributed by atoms with Crippen LogP contribution >= 0.6 is 0 Å². The molecule has 0 radical (unpaired) electrons. The summed E-state index contributed by atoms with van der Waals surface area (Å²) in [7, 11) is 0. The van der Waals surface area contributed by atoms with Crippen molar-refractivity contribution in [3.05, 3.63) is 12.7 Å². The maximum atomic E-state index is 12.6. The van der Waals surface area contributed by atoms with Gasteiger partial charge < -0.3 is 9.47 Å². The number of carbonyl (C=O) groups excluding carboxylic acids is 2. The summed E-state index contributed by atoms with van der Waals surface area (Å²) < 4.78 is 11.0. The van der Waals surface area contributed by atoms with Crippen LogP contribution in [0.25, 0.3) is 0 Å². The van der Waals surface area contributed by atoms with Gasteiger partial charge in [0.05, 0.1) is 17.4 Å². The van der Waals surface area contributed by atoms with Crippen molar-refractivity contribution in [2.45, 2.75) is 79.8 Å². The minimum Gasteiger partial charge on any atom is -0.465 e. The molecule has 0 spiro atoms. The third-order valence-corrected chi connectivity index (χ3v) is 4.29. The van der Waals surface area contributed by atoms with Gasteiger partial charge >= 0.3 is 11.9 Å². The summed E-state index contributed by atoms with van der Waals surface area (Å²) in [6, 6.07) is 0. The van der Waals surface area contributed by atoms with Crippen molar-refractivity contribution in [1.29, 1.82) is 0 Å². The quantitative estimate of drug-likeness (QED) is 0.456. The summed E-state index contributed by atoms with van der Waals surface area (Å²) in [6.45, 7) is 17.1. The molecule has 0 saturated heterocycles. The van der Waals surface area contributed by atoms with E-state index in [1.54, 1.807) is 6.08 Å². The second-order valence-electron chi connectivity index (χ2n) is 7.75. The number of carbonyl (C=O) groups is 2. The van der Waals surface area contributed by atoms with E-state index in [4.69, 9.17) is 9.47 Å². The van der Waals surface area contributed by atoms with Crippen molar-refractivity contribution >= 4 is 11.9 Å². The molecular weight excluding hydrogens is 292 g/mol. The normalized spacial score (nSPS) is 14.7. The molecule has 1 atom stereocenters. The van der Waals surface area contributed by atoms with E-state index in [1.807, 2.05) is 48.5 Å². The fourth-order valence-electron chi connectivity index (χ4n) is 2.09. The first kappa shape index (κ1) is 21.7. The van der Waals surface area contributed by atoms with E-state index in [1.165, 1.54) is 0 Å². The average Bonchev–Trinajstić information content (AvgIpc) is 2.44. The molecule has 0 aliphatic rings. The lowest BCUT2D eigenvalue weighted by molar-refractivity contribution is -0.171. The molecule has 0 heterocycles. The van der Waals surface area contributed by atoms with Crippen LogP contribution in [0.15, 0.2) is 12.7 Å². The van der Waals surface area contributed by atoms with Crippen LogP contribution in [0.2, 0.25) is 0 Å². The predicted molar refractivity (Wildman–Crippen MR) is 93.0 cm³/mol. The highest BCUT2D eigenvalue weighted by Gasteiger charge is 2.39. The van der Waals surface area contributed by atoms with Gasteiger partial charge in [-0.05, 0) is 60.3 Å². The van der Waals surface area contributed by atoms with Crippen LogP contribution in [-0.2, 0) is 19.1 Å². The van der Waals surface area contributed by atoms with E-state index in [9.17, 15) is 9.59 Å². The van der Waals surface area contributed by atoms with Crippen LogP contribution < -0.4 is 0 Å². The molecular formula is C19H34O4. The van der Waals surface area contributed by atoms with E-state index >= 15 is 0 Å². The van der Waals surface area contributed by atoms with Crippen molar-refractivity contribution in [1.82, 2.24) is 0 Å². The summed E-state index contributed by atoms with van der Waals surface area (Å²) in [5.74, 6) is -0.481. The fourth-order valence-corrected chi connectivity index (χ4v) is 2.09. The lowest BCUT2D eigenvalue weighted by Crippen LogP contribution is -2.38. The summed E-state index contributed by atoms with van der Waals surface area (Å²) in [4.78, 5) is 24.7. The van der Waals surface area contributed by atoms with E-state index in [0.29, 0.717) is 25.7 Å². The van der Waals surface area contributed by atoms with Gasteiger partial charge in [0.15, 0.2) is 0 Å². The van der Waals surface area contributed by atoms with Crippen molar-refractivity contribution in [2.24, 2.45) is 10.8 Å². The first-order valence-corrected chi connectivity index (χ1v) is 8.45. The summed E-state index contributed by atoms with van der Waals surface area (Å²) in [6.07, 6.45) is 4.00. The lowest BCUT2D eigenvalue weighted by atomic mass is 9.78. The second-order valence-corrected chi connectivity index (χ2v) is 7.75. The van der Waals surface area contributed by atoms with Gasteiger partial charge in [-0.15, -0.1) is 6.58 Å². The highest BCUT2D eigenvalue weighted by molar-refractivity contribution is 5.78. The minimum atomic E-state index is -0.689. The second kappa shape index (κ2) is 8.51. The monoisotopic (exact) mass is 326 g/mol. The van der Waals surface area contributed by atoms with Crippen LogP contribution in [0.3, 0.4) is 0 Å². The van der Waals surface area contributed by atoms with E-state index in [2.05, 4.69) is 6.58 Å². The highest BCUT2D eigenvalue weighted by Crippen LogP contribution is 2.35. The van der Waals surface area contributed by atoms with Gasteiger partial charge in [-0.25, -0.2) is 0 Å². The van der Waals surface area contributed by atoms with Crippen molar-refractivity contribution < 1.29 is 19.1 Å². The van der Waals surface area contributed by atoms with Crippen molar-refractivity contribution in [3.63, 3.8) is 0 Å². The topological polar surface area (TPSA) is 52.6 Å². The molecule has 23 heavy (non-hydrogen) atoms. The number of hydrogen-bond donors (Lipinski definition) is 0. The Morgan fingerprint density at radius 2 is 1.57 bits per heavy atom. The number of ether oxygens (including phenoxy) is 2. The predicted octanol–water partition coefficient (Wildman–Crippen LogP) is 4.67. The Kier molecular flexibility index (Phi) is 8.02. The maximum Gasteiger partial charge on any atom is 0.313 e. The smallest absolute Gasteiger partial charge is 0.313 e. The van der Waals surface area contributed by atoms with Crippen LogP contribution in [0, 0.1) is 10.8 Å². The SMILES string of the molecule is C=CCC(CC)(CCOC(=O)C(C)(C)CC)C(=O)OC(C)(C)C. The molecule has 0 saturated carbocycles. The average molecular weight is 326 g/mol. The van der Waals surface area contributed by atoms with E-state index < -0.39 is 16.4 Å². The van der Waals surface area contributed by atoms with Crippen molar-refractivity contribution in [3.8, 4) is 0 Å². The Labute approximate surface area is 141 Å². The minimum absolute atomic E-state index is 0.211. The van der Waals surface area contributed by atoms with Crippen molar-refractivity contribution in [2.75, 3.05) is 6.61 Å². The maximum absolute atomic E-state index is 12.6. The van der Waals surface area contributed by atoms with E-state index in [-0.39, 0.29) is 18.5 Å². The Hall–Kier alpha value is -1.32. The zero-order chi connectivity index (χ0) is 18.3. The first-order valence-electron chi connectivity index (χ1n) is 8.45. The molecule has 0 bridgehead atoms. The largest absolute Gasteiger partial charge is 0.465 e. The molecule has 134 valence electrons. The molecule has 4 heteroatoms. The molecule has 0 fully saturated rings. The zero-order valence-corrected chi connectivity index (χ0v) is 16.0. The van der Waals surface area contributed by atoms with Crippen LogP contribution in [0.5, 0.6) is 0 Å². The Morgan fingerprint density at radius 3 is 1.96 bits per heavy atom. The van der Waals surface area contributed by atoms with Gasteiger partial charge in [-0.2, -0.15) is 0 Å². The molecule has 0 aromatic carbocycles. The fraction of sp³-hybridized carbons (Fsp3) is 0.789. The summed E-state index contributed by atoms with van der Waals surface area (Å²) in [5, 5.41) is 0. The Bertz CT molecular complexity index is 418. The lowest BCUT2D eigenvalue weighted by Gasteiger charge is -2.33. The molecule has 1 unspecified atom stereocenters. The molecule has 0 aliphatic carbocycles. The third kappa shape index (κ3) is 6.76. The molecule has 4 nitrogen and oxygen atoms in total. The van der Waals surface area contributed by atoms with Gasteiger partial charge in [0.25, 0.3) is 0 Å². The van der Waals surface area contributed by atoms with Crippen LogP contribution in [-0.4, -0.2) is 24.1 Å². The first-order chi connectivity index (χ1) is 10.4. The standard InChI is InChI=1S/C19H34O4/c1-9-12-19(11-3,16(21)23-17(4,5)6)13-14-22-15(20)18(7,8)10-2/h9H,1,10-14H2,2-8H3. The highest BCUT2D eigenvalue weighted by atomic mass is 16.6. The molecule has 0 aromatic rings. The number of esters is 2. The molecule has 0 rings (SSSR count). The van der Waals surface area contributed by atoms with Gasteiger partial charge in [-0.3, -0.25) is 9.59 Å². The number of hydrogen-bond acceptors (Lipinski definition) is 4. The Morgan fingerprint density at radius 1 is 1.00 bits per heavy atom.